The van der Waals surface area contributed by atoms with Crippen LogP contribution in [0.5, 0.6) is 0 Å². The van der Waals surface area contributed by atoms with Gasteiger partial charge in [-0.2, -0.15) is 10.4 Å². The average molecular weight is 520 g/mol. The molecule has 1 fully saturated rings. The van der Waals surface area contributed by atoms with E-state index in [-0.39, 0.29) is 0 Å². The van der Waals surface area contributed by atoms with E-state index in [2.05, 4.69) is 37.0 Å². The lowest BCUT2D eigenvalue weighted by Gasteiger charge is -2.26. The summed E-state index contributed by atoms with van der Waals surface area (Å²) in [7, 11) is 2.01. The zero-order chi connectivity index (χ0) is 26.8. The van der Waals surface area contributed by atoms with Crippen molar-refractivity contribution in [1.82, 2.24) is 34.0 Å². The first kappa shape index (κ1) is 24.7. The van der Waals surface area contributed by atoms with E-state index in [4.69, 9.17) is 14.7 Å². The van der Waals surface area contributed by atoms with Crippen molar-refractivity contribution < 1.29 is 4.74 Å². The van der Waals surface area contributed by atoms with Crippen molar-refractivity contribution in [3.05, 3.63) is 83.7 Å². The molecule has 10 heteroatoms. The Hall–Kier alpha value is -4.59. The highest BCUT2D eigenvalue weighted by Gasteiger charge is 2.20. The summed E-state index contributed by atoms with van der Waals surface area (Å²) in [6, 6.07) is 18.2. The number of aromatic nitrogens is 6. The van der Waals surface area contributed by atoms with Crippen molar-refractivity contribution in [2.45, 2.75) is 20.0 Å². The zero-order valence-corrected chi connectivity index (χ0v) is 22.0. The topological polar surface area (TPSA) is 109 Å². The van der Waals surface area contributed by atoms with Crippen molar-refractivity contribution in [3.63, 3.8) is 0 Å². The van der Waals surface area contributed by atoms with Gasteiger partial charge < -0.3 is 14.6 Å². The maximum atomic E-state index is 9.65. The Morgan fingerprint density at radius 2 is 1.95 bits per heavy atom. The van der Waals surface area contributed by atoms with Crippen molar-refractivity contribution in [3.8, 4) is 28.7 Å². The first-order valence-corrected chi connectivity index (χ1v) is 12.9. The third-order valence-electron chi connectivity index (χ3n) is 6.95. The van der Waals surface area contributed by atoms with Gasteiger partial charge in [-0.3, -0.25) is 9.88 Å². The molecule has 4 aromatic heterocycles. The summed E-state index contributed by atoms with van der Waals surface area (Å²) in [4.78, 5) is 16.5. The fourth-order valence-electron chi connectivity index (χ4n) is 4.98. The molecule has 0 unspecified atom stereocenters. The molecule has 5 aromatic rings. The molecular formula is C29H29N9O. The Bertz CT molecular complexity index is 1670. The van der Waals surface area contributed by atoms with Crippen LogP contribution in [0.2, 0.25) is 0 Å². The van der Waals surface area contributed by atoms with Crippen molar-refractivity contribution >= 4 is 11.3 Å². The second-order valence-corrected chi connectivity index (χ2v) is 9.70. The maximum Gasteiger partial charge on any atom is 0.155 e. The Morgan fingerprint density at radius 1 is 1.08 bits per heavy atom. The summed E-state index contributed by atoms with van der Waals surface area (Å²) >= 11 is 0. The molecule has 39 heavy (non-hydrogen) atoms. The van der Waals surface area contributed by atoms with Crippen LogP contribution < -0.4 is 5.32 Å². The van der Waals surface area contributed by atoms with E-state index in [1.54, 1.807) is 10.8 Å². The Morgan fingerprint density at radius 3 is 2.77 bits per heavy atom. The molecule has 10 nitrogen and oxygen atoms in total. The highest BCUT2D eigenvalue weighted by atomic mass is 16.5. The monoisotopic (exact) mass is 519 g/mol. The fourth-order valence-corrected chi connectivity index (χ4v) is 4.98. The second-order valence-electron chi connectivity index (χ2n) is 9.70. The molecule has 0 aliphatic carbocycles. The van der Waals surface area contributed by atoms with Crippen LogP contribution in [0.25, 0.3) is 28.3 Å². The van der Waals surface area contributed by atoms with Gasteiger partial charge in [0.15, 0.2) is 5.65 Å². The number of hydrogen-bond acceptors (Lipinski definition) is 8. The van der Waals surface area contributed by atoms with Gasteiger partial charge in [0.05, 0.1) is 48.5 Å². The van der Waals surface area contributed by atoms with Crippen LogP contribution in [-0.2, 0) is 24.9 Å². The third kappa shape index (κ3) is 5.23. The van der Waals surface area contributed by atoms with Crippen LogP contribution in [0, 0.1) is 18.3 Å². The molecule has 196 valence electrons. The number of fused-ring (bicyclic) bond motifs is 1. The quantitative estimate of drug-likeness (QED) is 0.346. The highest BCUT2D eigenvalue weighted by Crippen LogP contribution is 2.32. The lowest BCUT2D eigenvalue weighted by atomic mass is 10.1. The average Bonchev–Trinajstić information content (AvgIpc) is 3.56. The first-order chi connectivity index (χ1) is 19.1. The first-order valence-electron chi connectivity index (χ1n) is 12.9. The van der Waals surface area contributed by atoms with Crippen LogP contribution in [0.1, 0.15) is 22.6 Å². The second kappa shape index (κ2) is 10.6. The van der Waals surface area contributed by atoms with Crippen LogP contribution >= 0.6 is 0 Å². The number of benzene rings is 1. The number of nitrogens with zero attached hydrogens (tertiary/aromatic N) is 8. The van der Waals surface area contributed by atoms with E-state index in [0.717, 1.165) is 83.9 Å². The largest absolute Gasteiger partial charge is 0.379 e. The van der Waals surface area contributed by atoms with Gasteiger partial charge in [0.1, 0.15) is 12.2 Å². The molecule has 0 amide bonds. The predicted octanol–water partition coefficient (Wildman–Crippen LogP) is 3.82. The summed E-state index contributed by atoms with van der Waals surface area (Å²) < 4.78 is 9.31. The van der Waals surface area contributed by atoms with Gasteiger partial charge in [-0.05, 0) is 55.0 Å². The van der Waals surface area contributed by atoms with Gasteiger partial charge >= 0.3 is 0 Å². The van der Waals surface area contributed by atoms with Crippen molar-refractivity contribution in [2.24, 2.45) is 7.05 Å². The van der Waals surface area contributed by atoms with Crippen LogP contribution in [0.3, 0.4) is 0 Å². The van der Waals surface area contributed by atoms with Gasteiger partial charge in [-0.25, -0.2) is 14.5 Å². The molecule has 0 saturated carbocycles. The SMILES string of the molecule is Cc1cccc(-c2c(-c3ccc4ncnn4c3)nc(CNc3cc(C#N)cc(CN4CCOCC4)c3)n2C)n1. The van der Waals surface area contributed by atoms with E-state index in [0.29, 0.717) is 12.1 Å². The number of rotatable bonds is 7. The van der Waals surface area contributed by atoms with E-state index >= 15 is 0 Å². The van der Waals surface area contributed by atoms with Crippen LogP contribution in [-0.4, -0.2) is 60.3 Å². The zero-order valence-electron chi connectivity index (χ0n) is 22.0. The third-order valence-corrected chi connectivity index (χ3v) is 6.95. The van der Waals surface area contributed by atoms with Crippen LogP contribution in [0.15, 0.2) is 61.1 Å². The normalized spacial score (nSPS) is 14.0. The minimum Gasteiger partial charge on any atom is -0.379 e. The molecule has 0 radical (unpaired) electrons. The van der Waals surface area contributed by atoms with E-state index in [1.807, 2.05) is 62.6 Å². The summed E-state index contributed by atoms with van der Waals surface area (Å²) in [5, 5.41) is 17.5. The molecule has 1 N–H and O–H groups in total. The molecule has 1 aromatic carbocycles. The number of nitrogens with one attached hydrogen (secondary N) is 1. The van der Waals surface area contributed by atoms with Gasteiger partial charge in [-0.15, -0.1) is 0 Å². The molecule has 0 bridgehead atoms. The fraction of sp³-hybridized carbons (Fsp3) is 0.276. The molecule has 0 spiro atoms. The van der Waals surface area contributed by atoms with E-state index < -0.39 is 0 Å². The maximum absolute atomic E-state index is 9.65. The van der Waals surface area contributed by atoms with Crippen molar-refractivity contribution in [2.75, 3.05) is 31.6 Å². The molecule has 6 rings (SSSR count). The molecule has 1 aliphatic heterocycles. The molecule has 5 heterocycles. The summed E-state index contributed by atoms with van der Waals surface area (Å²) in [6.07, 6.45) is 3.48. The highest BCUT2D eigenvalue weighted by molar-refractivity contribution is 5.77. The predicted molar refractivity (Wildman–Crippen MR) is 148 cm³/mol. The number of hydrogen-bond donors (Lipinski definition) is 1. The minimum atomic E-state index is 0.479. The summed E-state index contributed by atoms with van der Waals surface area (Å²) in [6.45, 7) is 6.53. The Kier molecular flexibility index (Phi) is 6.75. The van der Waals surface area contributed by atoms with E-state index in [1.165, 1.54) is 0 Å². The number of pyridine rings is 2. The van der Waals surface area contributed by atoms with Gasteiger partial charge in [0.2, 0.25) is 0 Å². The number of ether oxygens (including phenoxy) is 1. The number of imidazole rings is 1. The lowest BCUT2D eigenvalue weighted by Crippen LogP contribution is -2.35. The number of nitriles is 1. The van der Waals surface area contributed by atoms with E-state index in [9.17, 15) is 5.26 Å². The lowest BCUT2D eigenvalue weighted by molar-refractivity contribution is 0.0342. The molecular weight excluding hydrogens is 490 g/mol. The number of morpholine rings is 1. The van der Waals surface area contributed by atoms with Crippen molar-refractivity contribution in [1.29, 1.82) is 5.26 Å². The molecule has 1 aliphatic rings. The Balaban J connectivity index is 1.33. The molecule has 1 saturated heterocycles. The number of anilines is 1. The summed E-state index contributed by atoms with van der Waals surface area (Å²) in [5.41, 5.74) is 7.86. The van der Waals surface area contributed by atoms with Gasteiger partial charge in [0, 0.05) is 49.8 Å². The van der Waals surface area contributed by atoms with Crippen LogP contribution in [0.4, 0.5) is 5.69 Å². The van der Waals surface area contributed by atoms with Gasteiger partial charge in [-0.1, -0.05) is 6.07 Å². The molecule has 0 atom stereocenters. The van der Waals surface area contributed by atoms with Gasteiger partial charge in [0.25, 0.3) is 0 Å². The standard InChI is InChI=1S/C29H29N9O/c1-20-4-3-5-25(34-20)29-28(23-6-7-26-32-19-33-38(26)18-23)35-27(36(29)2)16-31-24-13-21(15-30)12-22(14-24)17-37-8-10-39-11-9-37/h3-7,12-14,18-19,31H,8-11,16-17H2,1-2H3. The Labute approximate surface area is 226 Å². The minimum absolute atomic E-state index is 0.479. The smallest absolute Gasteiger partial charge is 0.155 e. The summed E-state index contributed by atoms with van der Waals surface area (Å²) in [5.74, 6) is 0.846. The number of aryl methyl sites for hydroxylation is 1.